The van der Waals surface area contributed by atoms with Gasteiger partial charge >= 0.3 is 5.97 Å². The number of nitrogens with two attached hydrogens (primary N) is 1. The number of rotatable bonds is 4. The third kappa shape index (κ3) is 2.66. The number of nitrogen functional groups attached to an aromatic ring is 1. The fourth-order valence-corrected chi connectivity index (χ4v) is 1.45. The Morgan fingerprint density at radius 2 is 2.19 bits per heavy atom. The summed E-state index contributed by atoms with van der Waals surface area (Å²) in [5, 5.41) is 3.22. The van der Waals surface area contributed by atoms with Crippen LogP contribution in [0.2, 0.25) is 0 Å². The zero-order valence-electron chi connectivity index (χ0n) is 9.96. The lowest BCUT2D eigenvalue weighted by molar-refractivity contribution is 0.0602. The second-order valence-corrected chi connectivity index (χ2v) is 3.67. The Bertz CT molecular complexity index is 389. The summed E-state index contributed by atoms with van der Waals surface area (Å²) in [7, 11) is 1.35. The van der Waals surface area contributed by atoms with Crippen molar-refractivity contribution in [3.63, 3.8) is 0 Å². The molecule has 0 aromatic heterocycles. The highest BCUT2D eigenvalue weighted by molar-refractivity contribution is 5.97. The molecule has 0 saturated heterocycles. The van der Waals surface area contributed by atoms with Gasteiger partial charge in [-0.3, -0.25) is 0 Å². The molecular weight excluding hydrogens is 204 g/mol. The second-order valence-electron chi connectivity index (χ2n) is 3.67. The molecule has 88 valence electrons. The lowest BCUT2D eigenvalue weighted by atomic mass is 10.1. The van der Waals surface area contributed by atoms with Crippen molar-refractivity contribution in [1.82, 2.24) is 0 Å². The van der Waals surface area contributed by atoms with Gasteiger partial charge in [-0.25, -0.2) is 4.79 Å². The molecule has 0 atom stereocenters. The molecule has 1 rings (SSSR count). The van der Waals surface area contributed by atoms with Crippen LogP contribution in [0, 0.1) is 6.92 Å². The van der Waals surface area contributed by atoms with E-state index in [1.165, 1.54) is 7.11 Å². The van der Waals surface area contributed by atoms with Crippen LogP contribution in [0.15, 0.2) is 12.1 Å². The number of hydrogen-bond donors (Lipinski definition) is 2. The standard InChI is InChI=1S/C12H18N2O2/c1-4-5-14-9-6-8(2)11(13)10(7-9)12(15)16-3/h6-7,14H,4-5,13H2,1-3H3. The van der Waals surface area contributed by atoms with Gasteiger partial charge in [0.15, 0.2) is 0 Å². The number of esters is 1. The third-order valence-corrected chi connectivity index (χ3v) is 2.37. The number of anilines is 2. The van der Waals surface area contributed by atoms with Gasteiger partial charge in [-0.05, 0) is 31.0 Å². The van der Waals surface area contributed by atoms with E-state index in [-0.39, 0.29) is 0 Å². The average Bonchev–Trinajstić information content (AvgIpc) is 2.29. The first-order valence-electron chi connectivity index (χ1n) is 5.32. The Balaban J connectivity index is 3.06. The van der Waals surface area contributed by atoms with Gasteiger partial charge in [0.25, 0.3) is 0 Å². The van der Waals surface area contributed by atoms with E-state index < -0.39 is 5.97 Å². The van der Waals surface area contributed by atoms with Crippen molar-refractivity contribution in [2.24, 2.45) is 0 Å². The van der Waals surface area contributed by atoms with E-state index in [9.17, 15) is 4.79 Å². The quantitative estimate of drug-likeness (QED) is 0.605. The summed E-state index contributed by atoms with van der Waals surface area (Å²) in [5.41, 5.74) is 8.50. The molecule has 16 heavy (non-hydrogen) atoms. The molecule has 0 aliphatic heterocycles. The lowest BCUT2D eigenvalue weighted by Crippen LogP contribution is -2.09. The van der Waals surface area contributed by atoms with Crippen molar-refractivity contribution in [3.05, 3.63) is 23.3 Å². The van der Waals surface area contributed by atoms with Gasteiger partial charge < -0.3 is 15.8 Å². The Morgan fingerprint density at radius 3 is 2.75 bits per heavy atom. The fraction of sp³-hybridized carbons (Fsp3) is 0.417. The van der Waals surface area contributed by atoms with Crippen LogP contribution < -0.4 is 11.1 Å². The highest BCUT2D eigenvalue weighted by Crippen LogP contribution is 2.23. The maximum absolute atomic E-state index is 11.5. The van der Waals surface area contributed by atoms with Crippen LogP contribution in [0.25, 0.3) is 0 Å². The summed E-state index contributed by atoms with van der Waals surface area (Å²) in [6, 6.07) is 3.65. The van der Waals surface area contributed by atoms with Gasteiger partial charge in [0, 0.05) is 17.9 Å². The molecule has 1 aromatic carbocycles. The van der Waals surface area contributed by atoms with Crippen LogP contribution in [0.1, 0.15) is 29.3 Å². The number of aryl methyl sites for hydroxylation is 1. The molecule has 0 saturated carbocycles. The van der Waals surface area contributed by atoms with Crippen LogP contribution in [0.3, 0.4) is 0 Å². The number of nitrogens with one attached hydrogen (secondary N) is 1. The first kappa shape index (κ1) is 12.4. The maximum atomic E-state index is 11.5. The minimum atomic E-state index is -0.402. The largest absolute Gasteiger partial charge is 0.465 e. The minimum Gasteiger partial charge on any atom is -0.465 e. The summed E-state index contributed by atoms with van der Waals surface area (Å²) >= 11 is 0. The number of carbonyl (C=O) groups excluding carboxylic acids is 1. The topological polar surface area (TPSA) is 64.3 Å². The normalized spacial score (nSPS) is 9.94. The molecule has 0 heterocycles. The minimum absolute atomic E-state index is 0.402. The molecule has 0 unspecified atom stereocenters. The number of methoxy groups -OCH3 is 1. The van der Waals surface area contributed by atoms with Crippen molar-refractivity contribution in [3.8, 4) is 0 Å². The number of benzene rings is 1. The van der Waals surface area contributed by atoms with E-state index in [1.807, 2.05) is 13.0 Å². The van der Waals surface area contributed by atoms with E-state index in [2.05, 4.69) is 17.0 Å². The Morgan fingerprint density at radius 1 is 1.50 bits per heavy atom. The number of ether oxygens (including phenoxy) is 1. The van der Waals surface area contributed by atoms with E-state index in [0.717, 1.165) is 24.2 Å². The van der Waals surface area contributed by atoms with Gasteiger partial charge in [0.1, 0.15) is 0 Å². The Kier molecular flexibility index (Phi) is 4.17. The van der Waals surface area contributed by atoms with E-state index >= 15 is 0 Å². The molecule has 0 aliphatic carbocycles. The summed E-state index contributed by atoms with van der Waals surface area (Å²) in [6.07, 6.45) is 1.02. The molecule has 0 bridgehead atoms. The summed E-state index contributed by atoms with van der Waals surface area (Å²) in [6.45, 7) is 4.82. The van der Waals surface area contributed by atoms with Gasteiger partial charge in [-0.15, -0.1) is 0 Å². The van der Waals surface area contributed by atoms with Crippen molar-refractivity contribution < 1.29 is 9.53 Å². The van der Waals surface area contributed by atoms with Crippen LogP contribution in [0.5, 0.6) is 0 Å². The predicted molar refractivity (Wildman–Crippen MR) is 65.7 cm³/mol. The Labute approximate surface area is 95.8 Å². The fourth-order valence-electron chi connectivity index (χ4n) is 1.45. The number of carbonyl (C=O) groups is 1. The molecule has 3 N–H and O–H groups in total. The van der Waals surface area contributed by atoms with E-state index in [1.54, 1.807) is 6.07 Å². The van der Waals surface area contributed by atoms with Gasteiger partial charge in [0.2, 0.25) is 0 Å². The zero-order valence-corrected chi connectivity index (χ0v) is 9.96. The van der Waals surface area contributed by atoms with Crippen molar-refractivity contribution in [2.45, 2.75) is 20.3 Å². The van der Waals surface area contributed by atoms with E-state index in [0.29, 0.717) is 11.3 Å². The Hall–Kier alpha value is -1.71. The molecule has 0 radical (unpaired) electrons. The lowest BCUT2D eigenvalue weighted by Gasteiger charge is -2.11. The predicted octanol–water partition coefficient (Wildman–Crippen LogP) is 2.19. The SMILES string of the molecule is CCCNc1cc(C)c(N)c(C(=O)OC)c1. The highest BCUT2D eigenvalue weighted by atomic mass is 16.5. The van der Waals surface area contributed by atoms with Crippen LogP contribution in [0.4, 0.5) is 11.4 Å². The maximum Gasteiger partial charge on any atom is 0.340 e. The van der Waals surface area contributed by atoms with E-state index in [4.69, 9.17) is 5.73 Å². The monoisotopic (exact) mass is 222 g/mol. The summed E-state index contributed by atoms with van der Waals surface area (Å²) < 4.78 is 4.68. The van der Waals surface area contributed by atoms with Gasteiger partial charge in [0.05, 0.1) is 12.7 Å². The second kappa shape index (κ2) is 5.39. The average molecular weight is 222 g/mol. The highest BCUT2D eigenvalue weighted by Gasteiger charge is 2.12. The molecule has 0 fully saturated rings. The molecule has 1 aromatic rings. The van der Waals surface area contributed by atoms with Crippen LogP contribution in [-0.2, 0) is 4.74 Å². The van der Waals surface area contributed by atoms with Crippen molar-refractivity contribution >= 4 is 17.3 Å². The molecule has 4 heteroatoms. The van der Waals surface area contributed by atoms with Crippen LogP contribution >= 0.6 is 0 Å². The zero-order chi connectivity index (χ0) is 12.1. The summed E-state index contributed by atoms with van der Waals surface area (Å²) in [5.74, 6) is -0.402. The van der Waals surface area contributed by atoms with Gasteiger partial charge in [-0.2, -0.15) is 0 Å². The smallest absolute Gasteiger partial charge is 0.340 e. The third-order valence-electron chi connectivity index (χ3n) is 2.37. The molecule has 0 spiro atoms. The number of hydrogen-bond acceptors (Lipinski definition) is 4. The van der Waals surface area contributed by atoms with Crippen molar-refractivity contribution in [1.29, 1.82) is 0 Å². The van der Waals surface area contributed by atoms with Gasteiger partial charge in [-0.1, -0.05) is 6.92 Å². The van der Waals surface area contributed by atoms with Crippen molar-refractivity contribution in [2.75, 3.05) is 24.7 Å². The molecule has 4 nitrogen and oxygen atoms in total. The first-order chi connectivity index (χ1) is 7.60. The summed E-state index contributed by atoms with van der Waals surface area (Å²) in [4.78, 5) is 11.5. The molecule has 0 aliphatic rings. The van der Waals surface area contributed by atoms with Crippen LogP contribution in [-0.4, -0.2) is 19.6 Å². The first-order valence-corrected chi connectivity index (χ1v) is 5.32. The molecule has 0 amide bonds. The molecular formula is C12H18N2O2.